The van der Waals surface area contributed by atoms with E-state index in [1.165, 1.54) is 4.90 Å². The summed E-state index contributed by atoms with van der Waals surface area (Å²) < 4.78 is 5.68. The fraction of sp³-hybridized carbons (Fsp3) is 0.467. The average molecular weight is 301 g/mol. The van der Waals surface area contributed by atoms with Crippen molar-refractivity contribution in [2.75, 3.05) is 25.0 Å². The van der Waals surface area contributed by atoms with Gasteiger partial charge in [0.25, 0.3) is 0 Å². The van der Waals surface area contributed by atoms with Crippen LogP contribution in [-0.2, 0) is 11.3 Å². The molecule has 1 aliphatic rings. The van der Waals surface area contributed by atoms with Crippen molar-refractivity contribution in [1.29, 1.82) is 0 Å². The van der Waals surface area contributed by atoms with Crippen molar-refractivity contribution >= 4 is 12.2 Å². The maximum atomic E-state index is 10.6. The molecule has 1 amide bonds. The molecule has 2 aromatic rings. The third-order valence-electron chi connectivity index (χ3n) is 3.86. The maximum Gasteiger partial charge on any atom is 0.235 e. The van der Waals surface area contributed by atoms with Crippen LogP contribution in [0.5, 0.6) is 0 Å². The zero-order chi connectivity index (χ0) is 15.4. The van der Waals surface area contributed by atoms with Crippen LogP contribution >= 0.6 is 0 Å². The summed E-state index contributed by atoms with van der Waals surface area (Å²) in [5, 5.41) is 8.14. The third-order valence-corrected chi connectivity index (χ3v) is 3.86. The smallest absolute Gasteiger partial charge is 0.235 e. The Morgan fingerprint density at radius 3 is 2.86 bits per heavy atom. The largest absolute Gasteiger partial charge is 0.423 e. The molecule has 0 bridgehead atoms. The minimum Gasteiger partial charge on any atom is -0.423 e. The molecular formula is C15H19N5O2. The molecular weight excluding hydrogens is 282 g/mol. The van der Waals surface area contributed by atoms with Gasteiger partial charge in [-0.05, 0) is 25.0 Å². The first kappa shape index (κ1) is 14.5. The predicted molar refractivity (Wildman–Crippen MR) is 80.3 cm³/mol. The molecule has 3 rings (SSSR count). The van der Waals surface area contributed by atoms with Crippen LogP contribution in [0.3, 0.4) is 0 Å². The first-order chi connectivity index (χ1) is 10.8. The molecule has 0 aliphatic carbocycles. The molecule has 0 aromatic carbocycles. The van der Waals surface area contributed by atoms with Gasteiger partial charge in [0.15, 0.2) is 0 Å². The summed E-state index contributed by atoms with van der Waals surface area (Å²) in [6.07, 6.45) is 4.48. The van der Waals surface area contributed by atoms with E-state index in [1.54, 1.807) is 7.05 Å². The molecule has 0 atom stereocenters. The Bertz CT molecular complexity index is 607. The number of pyridine rings is 1. The lowest BCUT2D eigenvalue weighted by Gasteiger charge is -2.31. The monoisotopic (exact) mass is 301 g/mol. The molecule has 1 saturated heterocycles. The van der Waals surface area contributed by atoms with E-state index in [0.717, 1.165) is 38.2 Å². The summed E-state index contributed by atoms with van der Waals surface area (Å²) in [7, 11) is 1.68. The van der Waals surface area contributed by atoms with Gasteiger partial charge >= 0.3 is 0 Å². The number of anilines is 1. The molecule has 0 spiro atoms. The van der Waals surface area contributed by atoms with Gasteiger partial charge < -0.3 is 14.2 Å². The molecule has 0 radical (unpaired) electrons. The lowest BCUT2D eigenvalue weighted by atomic mass is 9.97. The van der Waals surface area contributed by atoms with Crippen LogP contribution in [0.25, 0.3) is 0 Å². The lowest BCUT2D eigenvalue weighted by Crippen LogP contribution is -2.33. The Morgan fingerprint density at radius 2 is 2.18 bits per heavy atom. The van der Waals surface area contributed by atoms with Gasteiger partial charge in [-0.2, -0.15) is 0 Å². The van der Waals surface area contributed by atoms with Crippen LogP contribution in [0, 0.1) is 0 Å². The van der Waals surface area contributed by atoms with Crippen molar-refractivity contribution in [2.45, 2.75) is 25.3 Å². The topological polar surface area (TPSA) is 75.4 Å². The van der Waals surface area contributed by atoms with Gasteiger partial charge in [-0.15, -0.1) is 10.2 Å². The van der Waals surface area contributed by atoms with Crippen molar-refractivity contribution < 1.29 is 9.21 Å². The van der Waals surface area contributed by atoms with Gasteiger partial charge in [-0.25, -0.2) is 4.98 Å². The van der Waals surface area contributed by atoms with Crippen molar-refractivity contribution in [3.63, 3.8) is 0 Å². The number of rotatable bonds is 5. The Kier molecular flexibility index (Phi) is 4.32. The van der Waals surface area contributed by atoms with Gasteiger partial charge in [-0.1, -0.05) is 6.07 Å². The maximum absolute atomic E-state index is 10.6. The van der Waals surface area contributed by atoms with Crippen LogP contribution in [0.4, 0.5) is 5.82 Å². The van der Waals surface area contributed by atoms with E-state index in [0.29, 0.717) is 18.3 Å². The number of hydrogen-bond acceptors (Lipinski definition) is 6. The quantitative estimate of drug-likeness (QED) is 0.778. The van der Waals surface area contributed by atoms with E-state index in [2.05, 4.69) is 20.1 Å². The number of hydrogen-bond donors (Lipinski definition) is 0. The van der Waals surface area contributed by atoms with Gasteiger partial charge in [0, 0.05) is 32.3 Å². The summed E-state index contributed by atoms with van der Waals surface area (Å²) >= 11 is 0. The molecule has 0 unspecified atom stereocenters. The van der Waals surface area contributed by atoms with E-state index in [1.807, 2.05) is 24.4 Å². The zero-order valence-corrected chi connectivity index (χ0v) is 12.6. The highest BCUT2D eigenvalue weighted by Crippen LogP contribution is 2.28. The second-order valence-corrected chi connectivity index (χ2v) is 5.50. The summed E-state index contributed by atoms with van der Waals surface area (Å²) in [6, 6.07) is 5.95. The first-order valence-electron chi connectivity index (χ1n) is 7.40. The summed E-state index contributed by atoms with van der Waals surface area (Å²) in [5.74, 6) is 2.45. The standard InChI is InChI=1S/C15H19N5O2/c1-19(11-21)10-14-17-18-15(22-14)12-5-8-20(9-6-12)13-4-2-3-7-16-13/h2-4,7,11-12H,5-6,8-10H2,1H3. The first-order valence-corrected chi connectivity index (χ1v) is 7.40. The van der Waals surface area contributed by atoms with Crippen molar-refractivity contribution in [3.05, 3.63) is 36.2 Å². The minimum absolute atomic E-state index is 0.280. The number of nitrogens with zero attached hydrogens (tertiary/aromatic N) is 5. The number of carbonyl (C=O) groups is 1. The third kappa shape index (κ3) is 3.24. The highest BCUT2D eigenvalue weighted by molar-refractivity contribution is 5.46. The molecule has 116 valence electrons. The zero-order valence-electron chi connectivity index (χ0n) is 12.6. The van der Waals surface area contributed by atoms with Crippen LogP contribution in [0.2, 0.25) is 0 Å². The molecule has 7 heteroatoms. The van der Waals surface area contributed by atoms with Crippen LogP contribution in [0.15, 0.2) is 28.8 Å². The van der Waals surface area contributed by atoms with E-state index in [-0.39, 0.29) is 5.92 Å². The van der Waals surface area contributed by atoms with Gasteiger partial charge in [-0.3, -0.25) is 4.79 Å². The molecule has 3 heterocycles. The molecule has 2 aromatic heterocycles. The van der Waals surface area contributed by atoms with E-state index < -0.39 is 0 Å². The summed E-state index contributed by atoms with van der Waals surface area (Å²) in [6.45, 7) is 2.20. The van der Waals surface area contributed by atoms with Gasteiger partial charge in [0.2, 0.25) is 18.2 Å². The predicted octanol–water partition coefficient (Wildman–Crippen LogP) is 1.44. The van der Waals surface area contributed by atoms with Crippen molar-refractivity contribution in [2.24, 2.45) is 0 Å². The number of aromatic nitrogens is 3. The molecule has 7 nitrogen and oxygen atoms in total. The second kappa shape index (κ2) is 6.55. The molecule has 22 heavy (non-hydrogen) atoms. The molecule has 0 N–H and O–H groups in total. The average Bonchev–Trinajstić information content (AvgIpc) is 3.04. The normalized spacial score (nSPS) is 15.8. The minimum atomic E-state index is 0.280. The number of amides is 1. The molecule has 1 fully saturated rings. The summed E-state index contributed by atoms with van der Waals surface area (Å²) in [5.41, 5.74) is 0. The highest BCUT2D eigenvalue weighted by atomic mass is 16.4. The molecule has 1 aliphatic heterocycles. The van der Waals surface area contributed by atoms with Crippen LogP contribution < -0.4 is 4.90 Å². The van der Waals surface area contributed by atoms with Gasteiger partial charge in [0.1, 0.15) is 5.82 Å². The van der Waals surface area contributed by atoms with Gasteiger partial charge in [0.05, 0.1) is 6.54 Å². The Balaban J connectivity index is 1.58. The highest BCUT2D eigenvalue weighted by Gasteiger charge is 2.25. The number of carbonyl (C=O) groups excluding carboxylic acids is 1. The fourth-order valence-corrected chi connectivity index (χ4v) is 2.64. The lowest BCUT2D eigenvalue weighted by molar-refractivity contribution is -0.117. The van der Waals surface area contributed by atoms with Crippen LogP contribution in [-0.4, -0.2) is 46.6 Å². The second-order valence-electron chi connectivity index (χ2n) is 5.50. The Labute approximate surface area is 129 Å². The Morgan fingerprint density at radius 1 is 1.36 bits per heavy atom. The van der Waals surface area contributed by atoms with E-state index >= 15 is 0 Å². The van der Waals surface area contributed by atoms with E-state index in [4.69, 9.17) is 4.42 Å². The Hall–Kier alpha value is -2.44. The van der Waals surface area contributed by atoms with Crippen molar-refractivity contribution in [1.82, 2.24) is 20.1 Å². The van der Waals surface area contributed by atoms with Crippen molar-refractivity contribution in [3.8, 4) is 0 Å². The fourth-order valence-electron chi connectivity index (χ4n) is 2.64. The SMILES string of the molecule is CN(C=O)Cc1nnc(C2CCN(c3ccccn3)CC2)o1. The van der Waals surface area contributed by atoms with Crippen LogP contribution in [0.1, 0.15) is 30.5 Å². The van der Waals surface area contributed by atoms with E-state index in [9.17, 15) is 4.79 Å². The summed E-state index contributed by atoms with van der Waals surface area (Å²) in [4.78, 5) is 18.7. The molecule has 0 saturated carbocycles. The number of piperidine rings is 1.